The van der Waals surface area contributed by atoms with Crippen LogP contribution in [0.2, 0.25) is 0 Å². The first kappa shape index (κ1) is 17.9. The molecular weight excluding hydrogens is 354 g/mol. The van der Waals surface area contributed by atoms with Crippen molar-refractivity contribution < 1.29 is 19.0 Å². The molecule has 5 heteroatoms. The monoisotopic (exact) mass is 375 g/mol. The van der Waals surface area contributed by atoms with Gasteiger partial charge in [-0.25, -0.2) is 0 Å². The molecule has 3 aromatic carbocycles. The second kappa shape index (κ2) is 8.05. The van der Waals surface area contributed by atoms with Crippen LogP contribution in [-0.4, -0.2) is 31.1 Å². The molecule has 1 amide bonds. The van der Waals surface area contributed by atoms with Crippen molar-refractivity contribution in [3.8, 4) is 23.0 Å². The Balaban J connectivity index is 1.41. The highest BCUT2D eigenvalue weighted by atomic mass is 16.6. The number of ether oxygens (including phenoxy) is 3. The van der Waals surface area contributed by atoms with Crippen molar-refractivity contribution in [3.05, 3.63) is 83.9 Å². The number of nitrogens with zero attached hydrogens (tertiary/aromatic N) is 1. The molecule has 1 aliphatic rings. The summed E-state index contributed by atoms with van der Waals surface area (Å²) in [6, 6.07) is 22.5. The minimum Gasteiger partial charge on any atom is -0.486 e. The van der Waals surface area contributed by atoms with Gasteiger partial charge < -0.3 is 19.1 Å². The van der Waals surface area contributed by atoms with Crippen molar-refractivity contribution in [2.75, 3.05) is 20.3 Å². The van der Waals surface area contributed by atoms with E-state index in [4.69, 9.17) is 14.2 Å². The van der Waals surface area contributed by atoms with Crippen LogP contribution >= 0.6 is 0 Å². The van der Waals surface area contributed by atoms with Crippen molar-refractivity contribution >= 4 is 5.91 Å². The summed E-state index contributed by atoms with van der Waals surface area (Å²) >= 11 is 0. The van der Waals surface area contributed by atoms with Crippen molar-refractivity contribution in [3.63, 3.8) is 0 Å². The summed E-state index contributed by atoms with van der Waals surface area (Å²) in [6.07, 6.45) is 0. The molecule has 0 fully saturated rings. The molecule has 142 valence electrons. The molecule has 0 N–H and O–H groups in total. The molecule has 0 unspecified atom stereocenters. The van der Waals surface area contributed by atoms with E-state index in [0.29, 0.717) is 31.1 Å². The molecule has 1 aliphatic heterocycles. The van der Waals surface area contributed by atoms with Crippen LogP contribution in [0.1, 0.15) is 15.9 Å². The third kappa shape index (κ3) is 4.09. The number of carbonyl (C=O) groups excluding carboxylic acids is 1. The van der Waals surface area contributed by atoms with Crippen molar-refractivity contribution in [1.82, 2.24) is 4.90 Å². The average Bonchev–Trinajstić information content (AvgIpc) is 2.74. The molecule has 5 nitrogen and oxygen atoms in total. The van der Waals surface area contributed by atoms with Crippen LogP contribution in [0.15, 0.2) is 72.8 Å². The number of rotatable bonds is 5. The third-order valence-electron chi connectivity index (χ3n) is 4.45. The number of amides is 1. The molecule has 0 saturated carbocycles. The topological polar surface area (TPSA) is 48.0 Å². The van der Waals surface area contributed by atoms with Crippen molar-refractivity contribution in [1.29, 1.82) is 0 Å². The maximum Gasteiger partial charge on any atom is 0.253 e. The van der Waals surface area contributed by atoms with Crippen LogP contribution in [0.3, 0.4) is 0 Å². The lowest BCUT2D eigenvalue weighted by molar-refractivity contribution is 0.0784. The molecule has 0 radical (unpaired) electrons. The predicted molar refractivity (Wildman–Crippen MR) is 106 cm³/mol. The van der Waals surface area contributed by atoms with Crippen LogP contribution in [0.5, 0.6) is 23.0 Å². The maximum absolute atomic E-state index is 12.7. The van der Waals surface area contributed by atoms with E-state index in [0.717, 1.165) is 22.8 Å². The van der Waals surface area contributed by atoms with Crippen LogP contribution in [-0.2, 0) is 6.54 Å². The van der Waals surface area contributed by atoms with Crippen LogP contribution < -0.4 is 14.2 Å². The van der Waals surface area contributed by atoms with Crippen molar-refractivity contribution in [2.45, 2.75) is 6.54 Å². The van der Waals surface area contributed by atoms with Gasteiger partial charge in [-0.3, -0.25) is 4.79 Å². The number of hydrogen-bond acceptors (Lipinski definition) is 4. The van der Waals surface area contributed by atoms with E-state index in [1.807, 2.05) is 48.5 Å². The predicted octanol–water partition coefficient (Wildman–Crippen LogP) is 4.52. The number of benzene rings is 3. The zero-order chi connectivity index (χ0) is 19.3. The van der Waals surface area contributed by atoms with E-state index in [2.05, 4.69) is 0 Å². The van der Waals surface area contributed by atoms with Gasteiger partial charge in [0.2, 0.25) is 0 Å². The van der Waals surface area contributed by atoms with Crippen LogP contribution in [0.25, 0.3) is 0 Å². The average molecular weight is 375 g/mol. The van der Waals surface area contributed by atoms with Crippen molar-refractivity contribution in [2.24, 2.45) is 0 Å². The Hall–Kier alpha value is -3.47. The summed E-state index contributed by atoms with van der Waals surface area (Å²) in [5.74, 6) is 2.88. The first-order valence-electron chi connectivity index (χ1n) is 9.16. The highest BCUT2D eigenvalue weighted by Crippen LogP contribution is 2.31. The van der Waals surface area contributed by atoms with Gasteiger partial charge in [-0.2, -0.15) is 0 Å². The Morgan fingerprint density at radius 1 is 0.893 bits per heavy atom. The van der Waals surface area contributed by atoms with Gasteiger partial charge in [-0.15, -0.1) is 0 Å². The van der Waals surface area contributed by atoms with E-state index in [1.165, 1.54) is 0 Å². The molecular formula is C23H21NO4. The van der Waals surface area contributed by atoms with E-state index in [1.54, 1.807) is 36.2 Å². The highest BCUT2D eigenvalue weighted by molar-refractivity contribution is 5.94. The molecule has 4 rings (SSSR count). The lowest BCUT2D eigenvalue weighted by atomic mass is 10.1. The summed E-state index contributed by atoms with van der Waals surface area (Å²) in [5, 5.41) is 0. The first-order valence-corrected chi connectivity index (χ1v) is 9.16. The summed E-state index contributed by atoms with van der Waals surface area (Å²) in [7, 11) is 1.79. The molecule has 3 aromatic rings. The molecule has 28 heavy (non-hydrogen) atoms. The second-order valence-electron chi connectivity index (χ2n) is 6.58. The summed E-state index contributed by atoms with van der Waals surface area (Å²) in [4.78, 5) is 14.4. The summed E-state index contributed by atoms with van der Waals surface area (Å²) in [6.45, 7) is 1.59. The fourth-order valence-corrected chi connectivity index (χ4v) is 3.04. The van der Waals surface area contributed by atoms with Crippen LogP contribution in [0.4, 0.5) is 0 Å². The Kier molecular flexibility index (Phi) is 5.15. The lowest BCUT2D eigenvalue weighted by Gasteiger charge is -2.21. The zero-order valence-corrected chi connectivity index (χ0v) is 15.6. The van der Waals surface area contributed by atoms with E-state index >= 15 is 0 Å². The van der Waals surface area contributed by atoms with Gasteiger partial charge in [0.05, 0.1) is 0 Å². The number of hydrogen-bond donors (Lipinski definition) is 0. The smallest absolute Gasteiger partial charge is 0.253 e. The number of fused-ring (bicyclic) bond motifs is 1. The Morgan fingerprint density at radius 2 is 1.57 bits per heavy atom. The van der Waals surface area contributed by atoms with Gasteiger partial charge in [-0.1, -0.05) is 24.3 Å². The Morgan fingerprint density at radius 3 is 2.32 bits per heavy atom. The SMILES string of the molecule is CN(Cc1ccc2c(c1)OCCO2)C(=O)c1ccc(Oc2ccccc2)cc1. The number of carbonyl (C=O) groups is 1. The summed E-state index contributed by atoms with van der Waals surface area (Å²) < 4.78 is 16.9. The minimum absolute atomic E-state index is 0.0545. The fourth-order valence-electron chi connectivity index (χ4n) is 3.04. The second-order valence-corrected chi connectivity index (χ2v) is 6.58. The third-order valence-corrected chi connectivity index (χ3v) is 4.45. The van der Waals surface area contributed by atoms with E-state index < -0.39 is 0 Å². The standard InChI is InChI=1S/C23H21NO4/c1-24(16-17-7-12-21-22(15-17)27-14-13-26-21)23(25)18-8-10-20(11-9-18)28-19-5-3-2-4-6-19/h2-12,15H,13-14,16H2,1H3. The van der Waals surface area contributed by atoms with Crippen LogP contribution in [0, 0.1) is 0 Å². The maximum atomic E-state index is 12.7. The Labute approximate surface area is 164 Å². The number of para-hydroxylation sites is 1. The largest absolute Gasteiger partial charge is 0.486 e. The van der Waals surface area contributed by atoms with Gasteiger partial charge in [0, 0.05) is 19.2 Å². The molecule has 0 saturated heterocycles. The zero-order valence-electron chi connectivity index (χ0n) is 15.6. The van der Waals surface area contributed by atoms with Gasteiger partial charge in [-0.05, 0) is 54.1 Å². The molecule has 1 heterocycles. The quantitative estimate of drug-likeness (QED) is 0.658. The molecule has 0 bridgehead atoms. The lowest BCUT2D eigenvalue weighted by Crippen LogP contribution is -2.26. The van der Waals surface area contributed by atoms with Gasteiger partial charge in [0.1, 0.15) is 24.7 Å². The highest BCUT2D eigenvalue weighted by Gasteiger charge is 2.15. The molecule has 0 aromatic heterocycles. The Bertz CT molecular complexity index is 954. The minimum atomic E-state index is -0.0545. The fraction of sp³-hybridized carbons (Fsp3) is 0.174. The van der Waals surface area contributed by atoms with E-state index in [-0.39, 0.29) is 5.91 Å². The van der Waals surface area contributed by atoms with Gasteiger partial charge in [0.25, 0.3) is 5.91 Å². The molecule has 0 atom stereocenters. The van der Waals surface area contributed by atoms with E-state index in [9.17, 15) is 4.79 Å². The molecule has 0 spiro atoms. The van der Waals surface area contributed by atoms with Gasteiger partial charge in [0.15, 0.2) is 11.5 Å². The van der Waals surface area contributed by atoms with Gasteiger partial charge >= 0.3 is 0 Å². The normalized spacial score (nSPS) is 12.3. The first-order chi connectivity index (χ1) is 13.7. The molecule has 0 aliphatic carbocycles. The summed E-state index contributed by atoms with van der Waals surface area (Å²) in [5.41, 5.74) is 1.60.